The average Bonchev–Trinajstić information content (AvgIpc) is 3.28. The molecule has 0 atom stereocenters. The van der Waals surface area contributed by atoms with Crippen molar-refractivity contribution in [2.24, 2.45) is 0 Å². The van der Waals surface area contributed by atoms with Crippen molar-refractivity contribution in [3.8, 4) is 22.4 Å². The Labute approximate surface area is 207 Å². The third-order valence-corrected chi connectivity index (χ3v) is 6.87. The molecule has 0 fully saturated rings. The van der Waals surface area contributed by atoms with E-state index in [0.29, 0.717) is 16.4 Å². The van der Waals surface area contributed by atoms with Crippen LogP contribution < -0.4 is 5.32 Å². The summed E-state index contributed by atoms with van der Waals surface area (Å²) in [5.41, 5.74) is 7.29. The first-order valence-corrected chi connectivity index (χ1v) is 12.1. The lowest BCUT2D eigenvalue weighted by Crippen LogP contribution is -2.15. The third-order valence-electron chi connectivity index (χ3n) is 6.63. The van der Waals surface area contributed by atoms with Gasteiger partial charge in [0.2, 0.25) is 0 Å². The highest BCUT2D eigenvalue weighted by atomic mass is 35.5. The number of hydrogen-bond acceptors (Lipinski definition) is 1. The summed E-state index contributed by atoms with van der Waals surface area (Å²) in [5, 5.41) is 3.61. The zero-order valence-electron chi connectivity index (χ0n) is 19.0. The SMILES string of the molecule is O=C(Nc1cccc(Cl)c1)c1c(-c2ccccc2)c2c3n(c(-c4ccc(F)cc4)cn13)CCCC2. The Morgan fingerprint density at radius 1 is 0.914 bits per heavy atom. The van der Waals surface area contributed by atoms with E-state index in [2.05, 4.69) is 22.0 Å². The van der Waals surface area contributed by atoms with Crippen LogP contribution in [0.2, 0.25) is 5.02 Å². The van der Waals surface area contributed by atoms with E-state index in [1.807, 2.05) is 40.9 Å². The molecule has 0 saturated heterocycles. The second-order valence-electron chi connectivity index (χ2n) is 8.86. The molecule has 6 heteroatoms. The van der Waals surface area contributed by atoms with Gasteiger partial charge >= 0.3 is 0 Å². The van der Waals surface area contributed by atoms with E-state index < -0.39 is 0 Å². The Kier molecular flexibility index (Phi) is 5.42. The minimum Gasteiger partial charge on any atom is -0.325 e. The lowest BCUT2D eigenvalue weighted by Gasteiger charge is -2.10. The molecule has 1 aliphatic rings. The second-order valence-corrected chi connectivity index (χ2v) is 9.29. The topological polar surface area (TPSA) is 38.4 Å². The molecule has 6 rings (SSSR count). The molecule has 35 heavy (non-hydrogen) atoms. The van der Waals surface area contributed by atoms with Gasteiger partial charge in [0.15, 0.2) is 0 Å². The van der Waals surface area contributed by atoms with Gasteiger partial charge in [-0.1, -0.05) is 48.0 Å². The summed E-state index contributed by atoms with van der Waals surface area (Å²) < 4.78 is 17.9. The number of imidazole rings is 1. The van der Waals surface area contributed by atoms with E-state index in [-0.39, 0.29) is 11.7 Å². The predicted octanol–water partition coefficient (Wildman–Crippen LogP) is 7.46. The number of aromatic nitrogens is 2. The number of carbonyl (C=O) groups is 1. The molecule has 5 aromatic rings. The monoisotopic (exact) mass is 483 g/mol. The van der Waals surface area contributed by atoms with Gasteiger partial charge in [0.05, 0.1) is 5.69 Å². The standard InChI is InChI=1S/C29H23ClFN3O/c30-21-9-6-10-23(17-21)32-28(35)27-26(20-7-2-1-3-8-20)24-11-4-5-16-33-25(18-34(27)29(24)33)19-12-14-22(31)15-13-19/h1-3,6-10,12-15,17-18H,4-5,11,16H2,(H,32,35). The Balaban J connectivity index is 1.60. The highest BCUT2D eigenvalue weighted by Gasteiger charge is 2.29. The molecule has 4 nitrogen and oxygen atoms in total. The number of anilines is 1. The maximum absolute atomic E-state index is 13.8. The van der Waals surface area contributed by atoms with E-state index in [4.69, 9.17) is 11.6 Å². The second kappa shape index (κ2) is 8.75. The van der Waals surface area contributed by atoms with Crippen LogP contribution in [0.5, 0.6) is 0 Å². The van der Waals surface area contributed by atoms with Crippen molar-refractivity contribution in [3.05, 3.63) is 107 Å². The van der Waals surface area contributed by atoms with Gasteiger partial charge in [0.25, 0.3) is 5.91 Å². The van der Waals surface area contributed by atoms with E-state index in [1.54, 1.807) is 24.3 Å². The van der Waals surface area contributed by atoms with Gasteiger partial charge in [-0.15, -0.1) is 0 Å². The predicted molar refractivity (Wildman–Crippen MR) is 139 cm³/mol. The average molecular weight is 484 g/mol. The summed E-state index contributed by atoms with van der Waals surface area (Å²) in [6.07, 6.45) is 4.95. The number of aryl methyl sites for hydroxylation is 2. The van der Waals surface area contributed by atoms with Crippen LogP contribution in [-0.2, 0) is 13.0 Å². The van der Waals surface area contributed by atoms with Crippen molar-refractivity contribution in [3.63, 3.8) is 0 Å². The van der Waals surface area contributed by atoms with Crippen molar-refractivity contribution >= 4 is 28.8 Å². The number of amides is 1. The fourth-order valence-electron chi connectivity index (χ4n) is 5.13. The Bertz CT molecular complexity index is 1550. The molecule has 1 aliphatic heterocycles. The maximum atomic E-state index is 13.8. The molecule has 0 bridgehead atoms. The van der Waals surface area contributed by atoms with Gasteiger partial charge < -0.3 is 9.88 Å². The van der Waals surface area contributed by atoms with Crippen LogP contribution in [0.3, 0.4) is 0 Å². The zero-order valence-corrected chi connectivity index (χ0v) is 19.7. The summed E-state index contributed by atoms with van der Waals surface area (Å²) in [7, 11) is 0. The highest BCUT2D eigenvalue weighted by molar-refractivity contribution is 6.31. The minimum absolute atomic E-state index is 0.198. The number of rotatable bonds is 4. The van der Waals surface area contributed by atoms with Crippen molar-refractivity contribution in [2.75, 3.05) is 5.32 Å². The Hall–Kier alpha value is -3.83. The van der Waals surface area contributed by atoms with E-state index >= 15 is 0 Å². The molecular formula is C29H23ClFN3O. The van der Waals surface area contributed by atoms with Crippen LogP contribution >= 0.6 is 11.6 Å². The fraction of sp³-hybridized carbons (Fsp3) is 0.138. The number of nitrogens with zero attached hydrogens (tertiary/aromatic N) is 2. The molecule has 1 N–H and O–H groups in total. The quantitative estimate of drug-likeness (QED) is 0.283. The Morgan fingerprint density at radius 3 is 2.49 bits per heavy atom. The lowest BCUT2D eigenvalue weighted by atomic mass is 9.98. The summed E-state index contributed by atoms with van der Waals surface area (Å²) >= 11 is 6.17. The number of nitrogens with one attached hydrogen (secondary N) is 1. The van der Waals surface area contributed by atoms with E-state index in [1.165, 1.54) is 17.7 Å². The van der Waals surface area contributed by atoms with Gasteiger partial charge in [-0.3, -0.25) is 9.20 Å². The summed E-state index contributed by atoms with van der Waals surface area (Å²) in [6.45, 7) is 0.837. The molecule has 174 valence electrons. The van der Waals surface area contributed by atoms with E-state index in [9.17, 15) is 9.18 Å². The van der Waals surface area contributed by atoms with Crippen molar-refractivity contribution in [1.82, 2.24) is 8.97 Å². The van der Waals surface area contributed by atoms with E-state index in [0.717, 1.165) is 53.8 Å². The van der Waals surface area contributed by atoms with Crippen LogP contribution in [0.4, 0.5) is 10.1 Å². The van der Waals surface area contributed by atoms with Gasteiger partial charge in [-0.25, -0.2) is 4.39 Å². The van der Waals surface area contributed by atoms with Crippen LogP contribution in [0.15, 0.2) is 85.1 Å². The highest BCUT2D eigenvalue weighted by Crippen LogP contribution is 2.39. The maximum Gasteiger partial charge on any atom is 0.273 e. The first-order chi connectivity index (χ1) is 17.1. The minimum atomic E-state index is -0.267. The molecule has 3 aromatic carbocycles. The van der Waals surface area contributed by atoms with Crippen LogP contribution in [0.25, 0.3) is 28.0 Å². The summed E-state index contributed by atoms with van der Waals surface area (Å²) in [5.74, 6) is -0.466. The number of hydrogen-bond donors (Lipinski definition) is 1. The van der Waals surface area contributed by atoms with Gasteiger partial charge in [0.1, 0.15) is 17.2 Å². The Morgan fingerprint density at radius 2 is 1.71 bits per heavy atom. The third kappa shape index (κ3) is 3.82. The van der Waals surface area contributed by atoms with Crippen molar-refractivity contribution in [1.29, 1.82) is 0 Å². The van der Waals surface area contributed by atoms with Crippen LogP contribution in [-0.4, -0.2) is 14.9 Å². The van der Waals surface area contributed by atoms with Gasteiger partial charge in [-0.05, 0) is 72.9 Å². The normalized spacial score (nSPS) is 13.1. The molecule has 3 heterocycles. The number of halogens is 2. The molecule has 2 aromatic heterocycles. The van der Waals surface area contributed by atoms with Gasteiger partial charge in [-0.2, -0.15) is 0 Å². The van der Waals surface area contributed by atoms with Crippen LogP contribution in [0, 0.1) is 5.82 Å². The smallest absolute Gasteiger partial charge is 0.273 e. The molecular weight excluding hydrogens is 461 g/mol. The summed E-state index contributed by atoms with van der Waals surface area (Å²) in [6, 6.07) is 23.8. The van der Waals surface area contributed by atoms with Gasteiger partial charge in [0, 0.05) is 34.6 Å². The first kappa shape index (κ1) is 21.7. The lowest BCUT2D eigenvalue weighted by molar-refractivity contribution is 0.102. The summed E-state index contributed by atoms with van der Waals surface area (Å²) in [4.78, 5) is 13.8. The molecule has 0 radical (unpaired) electrons. The first-order valence-electron chi connectivity index (χ1n) is 11.7. The zero-order chi connectivity index (χ0) is 23.9. The molecule has 1 amide bonds. The number of benzene rings is 3. The molecule has 0 saturated carbocycles. The number of carbonyl (C=O) groups excluding carboxylic acids is 1. The van der Waals surface area contributed by atoms with Crippen molar-refractivity contribution < 1.29 is 9.18 Å². The largest absolute Gasteiger partial charge is 0.325 e. The van der Waals surface area contributed by atoms with Crippen molar-refractivity contribution in [2.45, 2.75) is 25.8 Å². The molecule has 0 aliphatic carbocycles. The molecule has 0 spiro atoms. The van der Waals surface area contributed by atoms with Crippen LogP contribution in [0.1, 0.15) is 28.9 Å². The fourth-order valence-corrected chi connectivity index (χ4v) is 5.32. The molecule has 0 unspecified atom stereocenters.